The van der Waals surface area contributed by atoms with Gasteiger partial charge >= 0.3 is 0 Å². The van der Waals surface area contributed by atoms with Crippen LogP contribution in [0.5, 0.6) is 0 Å². The second-order valence-electron chi connectivity index (χ2n) is 4.12. The molecule has 2 aromatic carbocycles. The molecule has 0 heterocycles. The van der Waals surface area contributed by atoms with E-state index in [4.69, 9.17) is 5.73 Å². The zero-order valence-electron chi connectivity index (χ0n) is 10.5. The van der Waals surface area contributed by atoms with Crippen LogP contribution in [-0.4, -0.2) is 15.9 Å². The second-order valence-corrected chi connectivity index (χ2v) is 6.48. The summed E-state index contributed by atoms with van der Waals surface area (Å²) in [6, 6.07) is 13.9. The lowest BCUT2D eigenvalue weighted by molar-refractivity contribution is -0.113. The van der Waals surface area contributed by atoms with Crippen LogP contribution in [-0.2, 0) is 15.6 Å². The molecule has 0 aliphatic rings. The summed E-state index contributed by atoms with van der Waals surface area (Å²) in [4.78, 5) is 12.4. The third-order valence-electron chi connectivity index (χ3n) is 2.51. The van der Waals surface area contributed by atoms with E-state index < -0.39 is 10.8 Å². The maximum Gasteiger partial charge on any atom is 0.237 e. The summed E-state index contributed by atoms with van der Waals surface area (Å²) in [7, 11) is -1.36. The van der Waals surface area contributed by atoms with E-state index in [-0.39, 0.29) is 11.7 Å². The van der Waals surface area contributed by atoms with Crippen LogP contribution in [0.15, 0.2) is 57.9 Å². The Hall–Kier alpha value is -1.66. The van der Waals surface area contributed by atoms with Crippen molar-refractivity contribution in [1.82, 2.24) is 0 Å². The third-order valence-corrected chi connectivity index (χ3v) is 4.36. The molecule has 1 amide bonds. The van der Waals surface area contributed by atoms with E-state index in [1.54, 1.807) is 48.5 Å². The molecule has 2 aromatic rings. The van der Waals surface area contributed by atoms with Crippen LogP contribution in [0, 0.1) is 0 Å². The Morgan fingerprint density at radius 2 is 1.90 bits per heavy atom. The highest BCUT2D eigenvalue weighted by molar-refractivity contribution is 9.10. The quantitative estimate of drug-likeness (QED) is 0.831. The summed E-state index contributed by atoms with van der Waals surface area (Å²) < 4.78 is 12.9. The van der Waals surface area contributed by atoms with E-state index in [0.717, 1.165) is 4.47 Å². The lowest BCUT2D eigenvalue weighted by Crippen LogP contribution is -2.19. The standard InChI is InChI=1S/C14H13BrN2O2S/c15-10-4-6-13(7-5-10)20(19)9-14(18)17-12-3-1-2-11(16)8-12/h1-8H,9,16H2,(H,17,18). The van der Waals surface area contributed by atoms with Crippen molar-refractivity contribution in [1.29, 1.82) is 0 Å². The maximum atomic E-state index is 12.0. The van der Waals surface area contributed by atoms with Gasteiger partial charge in [-0.25, -0.2) is 0 Å². The van der Waals surface area contributed by atoms with Gasteiger partial charge in [-0.3, -0.25) is 9.00 Å². The van der Waals surface area contributed by atoms with Gasteiger partial charge in [0.1, 0.15) is 5.75 Å². The van der Waals surface area contributed by atoms with Crippen molar-refractivity contribution in [2.24, 2.45) is 0 Å². The zero-order valence-corrected chi connectivity index (χ0v) is 12.9. The number of carbonyl (C=O) groups excluding carboxylic acids is 1. The van der Waals surface area contributed by atoms with Gasteiger partial charge in [0.05, 0.1) is 10.8 Å². The molecule has 0 aliphatic carbocycles. The Labute approximate surface area is 128 Å². The number of hydrogen-bond donors (Lipinski definition) is 2. The first-order valence-electron chi connectivity index (χ1n) is 5.84. The second kappa shape index (κ2) is 6.67. The molecule has 6 heteroatoms. The Morgan fingerprint density at radius 3 is 2.55 bits per heavy atom. The molecule has 0 spiro atoms. The summed E-state index contributed by atoms with van der Waals surface area (Å²) in [6.45, 7) is 0. The predicted molar refractivity (Wildman–Crippen MR) is 84.9 cm³/mol. The molecule has 0 saturated carbocycles. The molecular formula is C14H13BrN2O2S. The van der Waals surface area contributed by atoms with Crippen LogP contribution in [0.1, 0.15) is 0 Å². The number of hydrogen-bond acceptors (Lipinski definition) is 3. The number of halogens is 1. The number of carbonyl (C=O) groups is 1. The topological polar surface area (TPSA) is 72.2 Å². The molecule has 4 nitrogen and oxygen atoms in total. The Kier molecular flexibility index (Phi) is 4.92. The average Bonchev–Trinajstić information content (AvgIpc) is 2.39. The molecule has 1 unspecified atom stereocenters. The summed E-state index contributed by atoms with van der Waals surface area (Å²) in [6.07, 6.45) is 0. The highest BCUT2D eigenvalue weighted by atomic mass is 79.9. The smallest absolute Gasteiger partial charge is 0.237 e. The fourth-order valence-electron chi connectivity index (χ4n) is 1.60. The zero-order chi connectivity index (χ0) is 14.5. The number of rotatable bonds is 4. The van der Waals surface area contributed by atoms with E-state index in [2.05, 4.69) is 21.2 Å². The van der Waals surface area contributed by atoms with Crippen LogP contribution >= 0.6 is 15.9 Å². The molecule has 0 aromatic heterocycles. The van der Waals surface area contributed by atoms with Crippen LogP contribution in [0.4, 0.5) is 11.4 Å². The summed E-state index contributed by atoms with van der Waals surface area (Å²) in [5.41, 5.74) is 6.79. The van der Waals surface area contributed by atoms with Crippen molar-refractivity contribution in [2.75, 3.05) is 16.8 Å². The van der Waals surface area contributed by atoms with Crippen molar-refractivity contribution in [3.8, 4) is 0 Å². The highest BCUT2D eigenvalue weighted by Gasteiger charge is 2.10. The van der Waals surface area contributed by atoms with E-state index in [9.17, 15) is 9.00 Å². The monoisotopic (exact) mass is 352 g/mol. The molecule has 0 aliphatic heterocycles. The van der Waals surface area contributed by atoms with Gasteiger partial charge in [0, 0.05) is 20.7 Å². The van der Waals surface area contributed by atoms with Gasteiger partial charge in [-0.2, -0.15) is 0 Å². The minimum absolute atomic E-state index is 0.0869. The molecular weight excluding hydrogens is 340 g/mol. The lowest BCUT2D eigenvalue weighted by Gasteiger charge is -2.06. The van der Waals surface area contributed by atoms with Crippen LogP contribution in [0.2, 0.25) is 0 Å². The predicted octanol–water partition coefficient (Wildman–Crippen LogP) is 2.78. The number of nitrogens with one attached hydrogen (secondary N) is 1. The number of nitrogens with two attached hydrogens (primary N) is 1. The molecule has 0 fully saturated rings. The van der Waals surface area contributed by atoms with Crippen LogP contribution in [0.25, 0.3) is 0 Å². The van der Waals surface area contributed by atoms with Gasteiger partial charge in [-0.15, -0.1) is 0 Å². The Bertz CT molecular complexity index is 644. The molecule has 3 N–H and O–H groups in total. The van der Waals surface area contributed by atoms with Crippen molar-refractivity contribution in [3.05, 3.63) is 53.0 Å². The van der Waals surface area contributed by atoms with E-state index >= 15 is 0 Å². The molecule has 104 valence electrons. The van der Waals surface area contributed by atoms with Gasteiger partial charge < -0.3 is 11.1 Å². The van der Waals surface area contributed by atoms with Crippen molar-refractivity contribution in [3.63, 3.8) is 0 Å². The van der Waals surface area contributed by atoms with E-state index in [1.807, 2.05) is 0 Å². The average molecular weight is 353 g/mol. The van der Waals surface area contributed by atoms with Gasteiger partial charge in [0.25, 0.3) is 0 Å². The largest absolute Gasteiger partial charge is 0.399 e. The first-order chi connectivity index (χ1) is 9.54. The summed E-state index contributed by atoms with van der Waals surface area (Å²) >= 11 is 3.31. The minimum Gasteiger partial charge on any atom is -0.399 e. The fraction of sp³-hybridized carbons (Fsp3) is 0.0714. The van der Waals surface area contributed by atoms with Crippen LogP contribution in [0.3, 0.4) is 0 Å². The number of benzene rings is 2. The normalized spacial score (nSPS) is 11.8. The maximum absolute atomic E-state index is 12.0. The van der Waals surface area contributed by atoms with Gasteiger partial charge in [0.15, 0.2) is 0 Å². The van der Waals surface area contributed by atoms with Gasteiger partial charge in [-0.1, -0.05) is 22.0 Å². The molecule has 20 heavy (non-hydrogen) atoms. The molecule has 1 atom stereocenters. The number of amides is 1. The SMILES string of the molecule is Nc1cccc(NC(=O)CS(=O)c2ccc(Br)cc2)c1. The molecule has 0 saturated heterocycles. The third kappa shape index (κ3) is 4.18. The van der Waals surface area contributed by atoms with Gasteiger partial charge in [-0.05, 0) is 42.5 Å². The van der Waals surface area contributed by atoms with Crippen molar-refractivity contribution >= 4 is 44.0 Å². The van der Waals surface area contributed by atoms with E-state index in [0.29, 0.717) is 16.3 Å². The first-order valence-corrected chi connectivity index (χ1v) is 7.95. The summed E-state index contributed by atoms with van der Waals surface area (Å²) in [5.74, 6) is -0.395. The molecule has 0 radical (unpaired) electrons. The number of anilines is 2. The van der Waals surface area contributed by atoms with Crippen LogP contribution < -0.4 is 11.1 Å². The number of nitrogen functional groups attached to an aromatic ring is 1. The van der Waals surface area contributed by atoms with Gasteiger partial charge in [0.2, 0.25) is 5.91 Å². The van der Waals surface area contributed by atoms with Crippen molar-refractivity contribution < 1.29 is 9.00 Å². The Balaban J connectivity index is 1.97. The Morgan fingerprint density at radius 1 is 1.20 bits per heavy atom. The molecule has 2 rings (SSSR count). The van der Waals surface area contributed by atoms with E-state index in [1.165, 1.54) is 0 Å². The minimum atomic E-state index is -1.36. The fourth-order valence-corrected chi connectivity index (χ4v) is 2.78. The first kappa shape index (κ1) is 14.7. The highest BCUT2D eigenvalue weighted by Crippen LogP contribution is 2.15. The lowest BCUT2D eigenvalue weighted by atomic mass is 10.3. The molecule has 0 bridgehead atoms. The summed E-state index contributed by atoms with van der Waals surface area (Å²) in [5, 5.41) is 2.67. The van der Waals surface area contributed by atoms with Crippen molar-refractivity contribution in [2.45, 2.75) is 4.90 Å².